The Morgan fingerprint density at radius 3 is 2.62 bits per heavy atom. The Balaban J connectivity index is 1.75. The highest BCUT2D eigenvalue weighted by Gasteiger charge is 2.49. The number of likely N-dealkylation sites (tertiary alicyclic amines) is 1. The molecule has 1 aliphatic rings. The topological polar surface area (TPSA) is 87.1 Å². The average Bonchev–Trinajstić information content (AvgIpc) is 2.75. The van der Waals surface area contributed by atoms with E-state index in [1.54, 1.807) is 24.3 Å². The first kappa shape index (κ1) is 20.9. The van der Waals surface area contributed by atoms with E-state index in [1.165, 1.54) is 12.0 Å². The Morgan fingerprint density at radius 2 is 1.93 bits per heavy atom. The third kappa shape index (κ3) is 4.59. The predicted molar refractivity (Wildman–Crippen MR) is 109 cm³/mol. The number of rotatable bonds is 7. The summed E-state index contributed by atoms with van der Waals surface area (Å²) in [6, 6.07) is 16.7. The second-order valence-electron chi connectivity index (χ2n) is 7.56. The van der Waals surface area contributed by atoms with Crippen molar-refractivity contribution in [2.45, 2.75) is 31.8 Å². The molecule has 0 saturated carbocycles. The first-order valence-electron chi connectivity index (χ1n) is 9.85. The van der Waals surface area contributed by atoms with Crippen LogP contribution in [0.5, 0.6) is 5.75 Å². The number of carboxylic acids is 1. The molecule has 0 aliphatic carbocycles. The minimum absolute atomic E-state index is 0.00562. The lowest BCUT2D eigenvalue weighted by atomic mass is 9.73. The SMILES string of the molecule is COc1cccc(C(=O)N2CC[C@@H](O)[C@](CCCc3ccccc3)(C(=O)O)C2)c1. The monoisotopic (exact) mass is 397 g/mol. The van der Waals surface area contributed by atoms with Gasteiger partial charge in [0.15, 0.2) is 0 Å². The fourth-order valence-electron chi connectivity index (χ4n) is 4.01. The molecule has 1 aliphatic heterocycles. The number of carboxylic acid groups (broad SMARTS) is 1. The number of hydrogen-bond donors (Lipinski definition) is 2. The molecule has 0 spiro atoms. The molecule has 2 aromatic carbocycles. The van der Waals surface area contributed by atoms with Gasteiger partial charge in [0.2, 0.25) is 0 Å². The van der Waals surface area contributed by atoms with Crippen molar-refractivity contribution in [3.8, 4) is 5.75 Å². The first-order valence-corrected chi connectivity index (χ1v) is 9.85. The van der Waals surface area contributed by atoms with Crippen LogP contribution in [0, 0.1) is 5.41 Å². The highest BCUT2D eigenvalue weighted by molar-refractivity contribution is 5.95. The second kappa shape index (κ2) is 9.09. The van der Waals surface area contributed by atoms with Crippen molar-refractivity contribution in [1.29, 1.82) is 0 Å². The van der Waals surface area contributed by atoms with Crippen LogP contribution < -0.4 is 4.74 Å². The summed E-state index contributed by atoms with van der Waals surface area (Å²) in [6.45, 7) is 0.319. The Bertz CT molecular complexity index is 853. The van der Waals surface area contributed by atoms with Gasteiger partial charge >= 0.3 is 5.97 Å². The molecule has 2 atom stereocenters. The van der Waals surface area contributed by atoms with Crippen molar-refractivity contribution in [2.24, 2.45) is 5.41 Å². The van der Waals surface area contributed by atoms with E-state index in [1.807, 2.05) is 30.3 Å². The van der Waals surface area contributed by atoms with Crippen LogP contribution in [0.25, 0.3) is 0 Å². The fraction of sp³-hybridized carbons (Fsp3) is 0.391. The number of aliphatic carboxylic acids is 1. The molecule has 1 saturated heterocycles. The Kier molecular flexibility index (Phi) is 6.54. The van der Waals surface area contributed by atoms with Gasteiger partial charge in [0.05, 0.1) is 13.2 Å². The van der Waals surface area contributed by atoms with Crippen LogP contribution in [0.2, 0.25) is 0 Å². The second-order valence-corrected chi connectivity index (χ2v) is 7.56. The summed E-state index contributed by atoms with van der Waals surface area (Å²) in [5.41, 5.74) is 0.216. The van der Waals surface area contributed by atoms with Crippen molar-refractivity contribution in [3.63, 3.8) is 0 Å². The van der Waals surface area contributed by atoms with E-state index < -0.39 is 17.5 Å². The molecule has 2 N–H and O–H groups in total. The summed E-state index contributed by atoms with van der Waals surface area (Å²) >= 11 is 0. The number of piperidine rings is 1. The fourth-order valence-corrected chi connectivity index (χ4v) is 4.01. The van der Waals surface area contributed by atoms with Crippen LogP contribution in [0.3, 0.4) is 0 Å². The van der Waals surface area contributed by atoms with Gasteiger partial charge in [0.1, 0.15) is 11.2 Å². The van der Waals surface area contributed by atoms with Crippen molar-refractivity contribution < 1.29 is 24.5 Å². The van der Waals surface area contributed by atoms with Crippen LogP contribution in [-0.4, -0.2) is 53.3 Å². The summed E-state index contributed by atoms with van der Waals surface area (Å²) < 4.78 is 5.18. The van der Waals surface area contributed by atoms with Gasteiger partial charge in [-0.2, -0.15) is 0 Å². The molecule has 2 aromatic rings. The Labute approximate surface area is 170 Å². The number of benzene rings is 2. The van der Waals surface area contributed by atoms with E-state index in [2.05, 4.69) is 0 Å². The van der Waals surface area contributed by atoms with Crippen molar-refractivity contribution in [3.05, 3.63) is 65.7 Å². The number of carbonyl (C=O) groups excluding carboxylic acids is 1. The zero-order valence-electron chi connectivity index (χ0n) is 16.6. The van der Waals surface area contributed by atoms with Gasteiger partial charge in [-0.3, -0.25) is 9.59 Å². The van der Waals surface area contributed by atoms with E-state index in [0.717, 1.165) is 12.0 Å². The normalized spacial score (nSPS) is 21.6. The molecule has 0 bridgehead atoms. The van der Waals surface area contributed by atoms with E-state index >= 15 is 0 Å². The molecule has 3 rings (SSSR count). The smallest absolute Gasteiger partial charge is 0.314 e. The number of aliphatic hydroxyl groups excluding tert-OH is 1. The Hall–Kier alpha value is -2.86. The van der Waals surface area contributed by atoms with Gasteiger partial charge in [0, 0.05) is 18.7 Å². The molecule has 154 valence electrons. The summed E-state index contributed by atoms with van der Waals surface area (Å²) in [4.78, 5) is 26.7. The van der Waals surface area contributed by atoms with Gasteiger partial charge in [-0.1, -0.05) is 36.4 Å². The summed E-state index contributed by atoms with van der Waals surface area (Å²) in [5.74, 6) is -0.731. The molecule has 0 radical (unpaired) electrons. The van der Waals surface area contributed by atoms with Crippen LogP contribution in [0.4, 0.5) is 0 Å². The summed E-state index contributed by atoms with van der Waals surface area (Å²) in [6.07, 6.45) is 0.916. The number of carbonyl (C=O) groups is 2. The van der Waals surface area contributed by atoms with Crippen LogP contribution >= 0.6 is 0 Å². The van der Waals surface area contributed by atoms with Crippen LogP contribution in [0.1, 0.15) is 35.2 Å². The van der Waals surface area contributed by atoms with Crippen LogP contribution in [0.15, 0.2) is 54.6 Å². The van der Waals surface area contributed by atoms with Gasteiger partial charge in [-0.05, 0) is 49.4 Å². The number of hydrogen-bond acceptors (Lipinski definition) is 4. The molecular weight excluding hydrogens is 370 g/mol. The minimum atomic E-state index is -1.36. The lowest BCUT2D eigenvalue weighted by Crippen LogP contribution is -2.57. The van der Waals surface area contributed by atoms with Crippen molar-refractivity contribution in [2.75, 3.05) is 20.2 Å². The summed E-state index contributed by atoms with van der Waals surface area (Å²) in [5, 5.41) is 20.6. The number of aliphatic hydroxyl groups is 1. The molecule has 0 unspecified atom stereocenters. The predicted octanol–water partition coefficient (Wildman–Crippen LogP) is 3.00. The largest absolute Gasteiger partial charge is 0.497 e. The van der Waals surface area contributed by atoms with Crippen LogP contribution in [-0.2, 0) is 11.2 Å². The molecule has 29 heavy (non-hydrogen) atoms. The van der Waals surface area contributed by atoms with E-state index in [9.17, 15) is 19.8 Å². The molecule has 1 fully saturated rings. The van der Waals surface area contributed by atoms with E-state index in [-0.39, 0.29) is 18.9 Å². The maximum atomic E-state index is 13.0. The van der Waals surface area contributed by atoms with Gasteiger partial charge in [-0.25, -0.2) is 0 Å². The number of methoxy groups -OCH3 is 1. The summed E-state index contributed by atoms with van der Waals surface area (Å²) in [7, 11) is 1.53. The highest BCUT2D eigenvalue weighted by atomic mass is 16.5. The number of nitrogens with zero attached hydrogens (tertiary/aromatic N) is 1. The maximum Gasteiger partial charge on any atom is 0.314 e. The third-order valence-electron chi connectivity index (χ3n) is 5.74. The molecule has 1 amide bonds. The molecular formula is C23H27NO5. The lowest BCUT2D eigenvalue weighted by Gasteiger charge is -2.43. The van der Waals surface area contributed by atoms with Crippen molar-refractivity contribution in [1.82, 2.24) is 4.90 Å². The number of amides is 1. The van der Waals surface area contributed by atoms with Gasteiger partial charge < -0.3 is 19.8 Å². The molecule has 6 heteroatoms. The zero-order valence-corrected chi connectivity index (χ0v) is 16.6. The molecule has 6 nitrogen and oxygen atoms in total. The standard InChI is InChI=1S/C23H27NO5/c1-29-19-11-5-10-18(15-19)21(26)24-14-12-20(25)23(16-24,22(27)28)13-6-9-17-7-3-2-4-8-17/h2-5,7-8,10-11,15,20,25H,6,9,12-14,16H2,1H3,(H,27,28)/t20-,23-/m1/s1. The quantitative estimate of drug-likeness (QED) is 0.750. The van der Waals surface area contributed by atoms with Gasteiger partial charge in [-0.15, -0.1) is 0 Å². The minimum Gasteiger partial charge on any atom is -0.497 e. The molecule has 1 heterocycles. The van der Waals surface area contributed by atoms with E-state index in [0.29, 0.717) is 30.7 Å². The Morgan fingerprint density at radius 1 is 1.17 bits per heavy atom. The lowest BCUT2D eigenvalue weighted by molar-refractivity contribution is -0.162. The maximum absolute atomic E-state index is 13.0. The van der Waals surface area contributed by atoms with Gasteiger partial charge in [0.25, 0.3) is 5.91 Å². The zero-order chi connectivity index (χ0) is 20.9. The van der Waals surface area contributed by atoms with E-state index in [4.69, 9.17) is 4.74 Å². The number of aryl methyl sites for hydroxylation is 1. The average molecular weight is 397 g/mol. The number of ether oxygens (including phenoxy) is 1. The molecule has 0 aromatic heterocycles. The van der Waals surface area contributed by atoms with Crippen molar-refractivity contribution >= 4 is 11.9 Å². The highest BCUT2D eigenvalue weighted by Crippen LogP contribution is 2.36. The third-order valence-corrected chi connectivity index (χ3v) is 5.74. The first-order chi connectivity index (χ1) is 14.0.